The molecule has 0 aromatic heterocycles. The lowest BCUT2D eigenvalue weighted by atomic mass is 9.87. The van der Waals surface area contributed by atoms with Crippen LogP contribution in [-0.4, -0.2) is 12.2 Å². The van der Waals surface area contributed by atoms with Crippen molar-refractivity contribution >= 4 is 0 Å². The Morgan fingerprint density at radius 3 is 2.75 bits per heavy atom. The second-order valence-electron chi connectivity index (χ2n) is 6.81. The highest BCUT2D eigenvalue weighted by Crippen LogP contribution is 2.45. The van der Waals surface area contributed by atoms with Gasteiger partial charge < -0.3 is 4.74 Å². The molecule has 110 valence electrons. The van der Waals surface area contributed by atoms with Crippen molar-refractivity contribution in [3.63, 3.8) is 0 Å². The second kappa shape index (κ2) is 6.76. The number of fused-ring (bicyclic) bond motifs is 1. The van der Waals surface area contributed by atoms with E-state index in [1.54, 1.807) is 0 Å². The van der Waals surface area contributed by atoms with E-state index in [2.05, 4.69) is 37.3 Å². The topological polar surface area (TPSA) is 9.23 Å². The molecule has 3 rings (SSSR count). The zero-order chi connectivity index (χ0) is 13.8. The summed E-state index contributed by atoms with van der Waals surface area (Å²) < 4.78 is 6.00. The van der Waals surface area contributed by atoms with Crippen LogP contribution in [0.2, 0.25) is 0 Å². The third-order valence-electron chi connectivity index (χ3n) is 5.30. The molecular weight excluding hydrogens is 244 g/mol. The molecule has 0 amide bonds. The van der Waals surface area contributed by atoms with E-state index in [0.29, 0.717) is 12.2 Å². The quantitative estimate of drug-likeness (QED) is 0.663. The summed E-state index contributed by atoms with van der Waals surface area (Å²) in [7, 11) is 0. The standard InChI is InChI=1S/C19H28O/c1-15-14-18-17(12-13-19(18)20-15)11-7-3-6-10-16-8-4-2-5-9-16/h2,4-5,8-9,15,17-19H,3,6-7,10-14H2,1H3/t15?,17?,18-,19+/m1/s1. The first-order chi connectivity index (χ1) is 9.83. The number of benzene rings is 1. The summed E-state index contributed by atoms with van der Waals surface area (Å²) in [5, 5.41) is 0. The maximum absolute atomic E-state index is 6.00. The number of hydrogen-bond acceptors (Lipinski definition) is 1. The predicted molar refractivity (Wildman–Crippen MR) is 83.8 cm³/mol. The Hall–Kier alpha value is -0.820. The summed E-state index contributed by atoms with van der Waals surface area (Å²) in [6, 6.07) is 10.9. The van der Waals surface area contributed by atoms with Crippen molar-refractivity contribution in [2.75, 3.05) is 0 Å². The van der Waals surface area contributed by atoms with Crippen LogP contribution in [0.25, 0.3) is 0 Å². The first kappa shape index (κ1) is 14.1. The number of ether oxygens (including phenoxy) is 1. The Bertz CT molecular complexity index is 399. The van der Waals surface area contributed by atoms with E-state index in [0.717, 1.165) is 11.8 Å². The zero-order valence-corrected chi connectivity index (χ0v) is 12.8. The van der Waals surface area contributed by atoms with E-state index < -0.39 is 0 Å². The van der Waals surface area contributed by atoms with Crippen LogP contribution >= 0.6 is 0 Å². The Morgan fingerprint density at radius 2 is 1.90 bits per heavy atom. The molecular formula is C19H28O. The van der Waals surface area contributed by atoms with Gasteiger partial charge in [-0.2, -0.15) is 0 Å². The van der Waals surface area contributed by atoms with E-state index in [-0.39, 0.29) is 0 Å². The maximum atomic E-state index is 6.00. The van der Waals surface area contributed by atoms with Crippen molar-refractivity contribution in [1.82, 2.24) is 0 Å². The van der Waals surface area contributed by atoms with Crippen molar-refractivity contribution in [3.05, 3.63) is 35.9 Å². The van der Waals surface area contributed by atoms with E-state index in [9.17, 15) is 0 Å². The molecule has 0 N–H and O–H groups in total. The van der Waals surface area contributed by atoms with Crippen molar-refractivity contribution < 1.29 is 4.74 Å². The number of unbranched alkanes of at least 4 members (excludes halogenated alkanes) is 2. The van der Waals surface area contributed by atoms with Gasteiger partial charge in [0.1, 0.15) is 0 Å². The van der Waals surface area contributed by atoms with Crippen LogP contribution in [-0.2, 0) is 11.2 Å². The molecule has 1 saturated heterocycles. The minimum atomic E-state index is 0.519. The minimum absolute atomic E-state index is 0.519. The fourth-order valence-corrected chi connectivity index (χ4v) is 4.28. The lowest BCUT2D eigenvalue weighted by molar-refractivity contribution is 0.0501. The summed E-state index contributed by atoms with van der Waals surface area (Å²) in [4.78, 5) is 0. The van der Waals surface area contributed by atoms with Crippen LogP contribution in [0, 0.1) is 11.8 Å². The molecule has 1 aliphatic carbocycles. The van der Waals surface area contributed by atoms with Gasteiger partial charge in [0.2, 0.25) is 0 Å². The summed E-state index contributed by atoms with van der Waals surface area (Å²) >= 11 is 0. The van der Waals surface area contributed by atoms with Gasteiger partial charge in [-0.05, 0) is 56.4 Å². The van der Waals surface area contributed by atoms with Gasteiger partial charge in [-0.25, -0.2) is 0 Å². The molecule has 1 heterocycles. The molecule has 1 aromatic rings. The van der Waals surface area contributed by atoms with Gasteiger partial charge in [-0.3, -0.25) is 0 Å². The van der Waals surface area contributed by atoms with Gasteiger partial charge in [0.05, 0.1) is 12.2 Å². The van der Waals surface area contributed by atoms with Crippen molar-refractivity contribution in [1.29, 1.82) is 0 Å². The van der Waals surface area contributed by atoms with Crippen LogP contribution in [0.4, 0.5) is 0 Å². The van der Waals surface area contributed by atoms with Gasteiger partial charge in [0.25, 0.3) is 0 Å². The summed E-state index contributed by atoms with van der Waals surface area (Å²) in [5.41, 5.74) is 1.49. The molecule has 1 aromatic carbocycles. The molecule has 0 spiro atoms. The van der Waals surface area contributed by atoms with E-state index in [4.69, 9.17) is 4.74 Å². The smallest absolute Gasteiger partial charge is 0.0610 e. The SMILES string of the molecule is CC1C[C@@H]2C(CCCCCc3ccccc3)CC[C@@H]2O1. The number of hydrogen-bond donors (Lipinski definition) is 0. The molecule has 1 saturated carbocycles. The zero-order valence-electron chi connectivity index (χ0n) is 12.8. The molecule has 1 nitrogen and oxygen atoms in total. The molecule has 0 bridgehead atoms. The normalized spacial score (nSPS) is 32.5. The Kier molecular flexibility index (Phi) is 4.77. The largest absolute Gasteiger partial charge is 0.375 e. The molecule has 1 heteroatoms. The first-order valence-corrected chi connectivity index (χ1v) is 8.52. The fraction of sp³-hybridized carbons (Fsp3) is 0.684. The van der Waals surface area contributed by atoms with Gasteiger partial charge >= 0.3 is 0 Å². The van der Waals surface area contributed by atoms with E-state index >= 15 is 0 Å². The van der Waals surface area contributed by atoms with Gasteiger partial charge in [0.15, 0.2) is 0 Å². The minimum Gasteiger partial charge on any atom is -0.375 e. The molecule has 0 radical (unpaired) electrons. The van der Waals surface area contributed by atoms with Crippen molar-refractivity contribution in [2.24, 2.45) is 11.8 Å². The lowest BCUT2D eigenvalue weighted by Crippen LogP contribution is -2.13. The highest BCUT2D eigenvalue weighted by Gasteiger charge is 2.42. The third-order valence-corrected chi connectivity index (χ3v) is 5.30. The Labute approximate surface area is 123 Å². The van der Waals surface area contributed by atoms with Crippen LogP contribution in [0.15, 0.2) is 30.3 Å². The first-order valence-electron chi connectivity index (χ1n) is 8.52. The van der Waals surface area contributed by atoms with Crippen LogP contribution < -0.4 is 0 Å². The number of rotatable bonds is 6. The molecule has 1 aliphatic heterocycles. The molecule has 4 atom stereocenters. The Balaban J connectivity index is 1.32. The lowest BCUT2D eigenvalue weighted by Gasteiger charge is -2.17. The monoisotopic (exact) mass is 272 g/mol. The van der Waals surface area contributed by atoms with E-state index in [1.165, 1.54) is 56.9 Å². The molecule has 2 aliphatic rings. The molecule has 2 fully saturated rings. The predicted octanol–water partition coefficient (Wildman–Crippen LogP) is 4.99. The molecule has 2 unspecified atom stereocenters. The van der Waals surface area contributed by atoms with Crippen molar-refractivity contribution in [2.45, 2.75) is 70.5 Å². The van der Waals surface area contributed by atoms with Crippen LogP contribution in [0.1, 0.15) is 57.4 Å². The fourth-order valence-electron chi connectivity index (χ4n) is 4.28. The Morgan fingerprint density at radius 1 is 1.05 bits per heavy atom. The summed E-state index contributed by atoms with van der Waals surface area (Å²) in [6.45, 7) is 2.25. The number of aryl methyl sites for hydroxylation is 1. The maximum Gasteiger partial charge on any atom is 0.0610 e. The van der Waals surface area contributed by atoms with Crippen LogP contribution in [0.5, 0.6) is 0 Å². The summed E-state index contributed by atoms with van der Waals surface area (Å²) in [5.74, 6) is 1.85. The highest BCUT2D eigenvalue weighted by molar-refractivity contribution is 5.14. The van der Waals surface area contributed by atoms with Gasteiger partial charge in [-0.1, -0.05) is 49.6 Å². The third kappa shape index (κ3) is 3.44. The highest BCUT2D eigenvalue weighted by atomic mass is 16.5. The van der Waals surface area contributed by atoms with Gasteiger partial charge in [-0.15, -0.1) is 0 Å². The van der Waals surface area contributed by atoms with E-state index in [1.807, 2.05) is 0 Å². The van der Waals surface area contributed by atoms with Crippen molar-refractivity contribution in [3.8, 4) is 0 Å². The average Bonchev–Trinajstić information content (AvgIpc) is 3.00. The summed E-state index contributed by atoms with van der Waals surface area (Å²) in [6.07, 6.45) is 12.0. The van der Waals surface area contributed by atoms with Crippen LogP contribution in [0.3, 0.4) is 0 Å². The van der Waals surface area contributed by atoms with Gasteiger partial charge in [0, 0.05) is 0 Å². The second-order valence-corrected chi connectivity index (χ2v) is 6.81. The average molecular weight is 272 g/mol. The molecule has 20 heavy (non-hydrogen) atoms.